The van der Waals surface area contributed by atoms with E-state index in [0.29, 0.717) is 12.1 Å². The Balaban J connectivity index is 1.54. The van der Waals surface area contributed by atoms with Crippen LogP contribution in [-0.2, 0) is 29.4 Å². The van der Waals surface area contributed by atoms with Crippen LogP contribution >= 0.6 is 0 Å². The molecule has 0 saturated carbocycles. The second-order valence-corrected chi connectivity index (χ2v) is 11.2. The molecule has 2 N–H and O–H groups in total. The smallest absolute Gasteiger partial charge is 0.338 e. The fourth-order valence-electron chi connectivity index (χ4n) is 3.00. The second-order valence-electron chi connectivity index (χ2n) is 7.24. The lowest BCUT2D eigenvalue weighted by Gasteiger charge is -2.11. The zero-order valence-corrected chi connectivity index (χ0v) is 18.3. The van der Waals surface area contributed by atoms with Crippen molar-refractivity contribution in [2.24, 2.45) is 0 Å². The van der Waals surface area contributed by atoms with Crippen LogP contribution in [0.3, 0.4) is 0 Å². The molecule has 1 saturated heterocycles. The molecule has 31 heavy (non-hydrogen) atoms. The highest BCUT2D eigenvalue weighted by Gasteiger charge is 2.29. The topological polar surface area (TPSA) is 136 Å². The number of amides is 1. The van der Waals surface area contributed by atoms with Crippen LogP contribution in [0, 0.1) is 6.92 Å². The van der Waals surface area contributed by atoms with Crippen LogP contribution in [0.1, 0.15) is 22.3 Å². The van der Waals surface area contributed by atoms with E-state index in [1.807, 2.05) is 6.92 Å². The first-order valence-corrected chi connectivity index (χ1v) is 12.7. The van der Waals surface area contributed by atoms with Crippen molar-refractivity contribution in [2.75, 3.05) is 22.8 Å². The van der Waals surface area contributed by atoms with Gasteiger partial charge in [-0.3, -0.25) is 9.52 Å². The van der Waals surface area contributed by atoms with E-state index in [9.17, 15) is 26.4 Å². The first kappa shape index (κ1) is 22.8. The highest BCUT2D eigenvalue weighted by molar-refractivity contribution is 7.92. The summed E-state index contributed by atoms with van der Waals surface area (Å²) in [6.07, 6.45) is 0.328. The summed E-state index contributed by atoms with van der Waals surface area (Å²) in [4.78, 5) is 23.9. The molecule has 0 aromatic heterocycles. The Morgan fingerprint density at radius 1 is 1.06 bits per heavy atom. The minimum absolute atomic E-state index is 0.0196. The Morgan fingerprint density at radius 3 is 2.29 bits per heavy atom. The summed E-state index contributed by atoms with van der Waals surface area (Å²) in [6, 6.07) is 11.4. The van der Waals surface area contributed by atoms with Crippen molar-refractivity contribution >= 4 is 37.4 Å². The first-order chi connectivity index (χ1) is 14.5. The van der Waals surface area contributed by atoms with Gasteiger partial charge in [0.1, 0.15) is 0 Å². The Kier molecular flexibility index (Phi) is 6.65. The van der Waals surface area contributed by atoms with Gasteiger partial charge in [-0.1, -0.05) is 17.7 Å². The van der Waals surface area contributed by atoms with Gasteiger partial charge in [-0.25, -0.2) is 21.6 Å². The molecular weight excluding hydrogens is 444 g/mol. The maximum absolute atomic E-state index is 12.5. The van der Waals surface area contributed by atoms with E-state index in [0.717, 1.165) is 5.56 Å². The van der Waals surface area contributed by atoms with Gasteiger partial charge in [0.05, 0.1) is 22.0 Å². The molecule has 1 unspecified atom stereocenters. The number of rotatable bonds is 7. The fraction of sp³-hybridized carbons (Fsp3) is 0.300. The molecule has 3 rings (SSSR count). The van der Waals surface area contributed by atoms with E-state index in [1.165, 1.54) is 24.3 Å². The predicted molar refractivity (Wildman–Crippen MR) is 114 cm³/mol. The predicted octanol–water partition coefficient (Wildman–Crippen LogP) is 1.26. The standard InChI is InChI=1S/C20H22N2O7S2/c1-14-2-6-16(7-3-14)22-31(27,28)18-8-4-15(5-9-18)20(24)29-12-19(23)21-17-10-11-30(25,26)13-17/h2-9,17,22H,10-13H2,1H3,(H,21,23). The molecule has 0 radical (unpaired) electrons. The first-order valence-electron chi connectivity index (χ1n) is 9.40. The lowest BCUT2D eigenvalue weighted by atomic mass is 10.2. The second kappa shape index (κ2) is 9.06. The number of carbonyl (C=O) groups excluding carboxylic acids is 2. The van der Waals surface area contributed by atoms with Gasteiger partial charge in [0.25, 0.3) is 15.9 Å². The summed E-state index contributed by atoms with van der Waals surface area (Å²) >= 11 is 0. The van der Waals surface area contributed by atoms with E-state index < -0.39 is 44.4 Å². The van der Waals surface area contributed by atoms with Gasteiger partial charge in [0.2, 0.25) is 0 Å². The molecule has 1 atom stereocenters. The molecule has 2 aromatic carbocycles. The number of ether oxygens (including phenoxy) is 1. The van der Waals surface area contributed by atoms with Gasteiger partial charge < -0.3 is 10.1 Å². The van der Waals surface area contributed by atoms with Gasteiger partial charge in [-0.2, -0.15) is 0 Å². The van der Waals surface area contributed by atoms with E-state index >= 15 is 0 Å². The number of anilines is 1. The number of aryl methyl sites for hydroxylation is 1. The van der Waals surface area contributed by atoms with Crippen molar-refractivity contribution in [1.29, 1.82) is 0 Å². The zero-order valence-electron chi connectivity index (χ0n) is 16.7. The van der Waals surface area contributed by atoms with Crippen LogP contribution in [0.2, 0.25) is 0 Å². The van der Waals surface area contributed by atoms with Gasteiger partial charge in [-0.05, 0) is 49.7 Å². The molecule has 0 spiro atoms. The minimum Gasteiger partial charge on any atom is -0.452 e. The summed E-state index contributed by atoms with van der Waals surface area (Å²) in [6.45, 7) is 1.32. The van der Waals surface area contributed by atoms with Gasteiger partial charge in [0.15, 0.2) is 16.4 Å². The number of sulfonamides is 1. The lowest BCUT2D eigenvalue weighted by Crippen LogP contribution is -2.38. The third-order valence-corrected chi connectivity index (χ3v) is 7.80. The summed E-state index contributed by atoms with van der Waals surface area (Å²) in [5, 5.41) is 2.51. The number of hydrogen-bond acceptors (Lipinski definition) is 7. The van der Waals surface area contributed by atoms with E-state index in [-0.39, 0.29) is 22.0 Å². The van der Waals surface area contributed by atoms with Crippen LogP contribution in [-0.4, -0.2) is 52.9 Å². The largest absolute Gasteiger partial charge is 0.452 e. The van der Waals surface area contributed by atoms with Gasteiger partial charge in [0, 0.05) is 11.7 Å². The van der Waals surface area contributed by atoms with Crippen molar-refractivity contribution in [3.8, 4) is 0 Å². The maximum Gasteiger partial charge on any atom is 0.338 e. The van der Waals surface area contributed by atoms with Crippen LogP contribution in [0.25, 0.3) is 0 Å². The van der Waals surface area contributed by atoms with Crippen LogP contribution < -0.4 is 10.0 Å². The summed E-state index contributed by atoms with van der Waals surface area (Å²) < 4.78 is 55.1. The fourth-order valence-corrected chi connectivity index (χ4v) is 5.73. The van der Waals surface area contributed by atoms with Crippen LogP contribution in [0.15, 0.2) is 53.4 Å². The summed E-state index contributed by atoms with van der Waals surface area (Å²) in [7, 11) is -6.96. The van der Waals surface area contributed by atoms with Gasteiger partial charge >= 0.3 is 5.97 Å². The molecule has 11 heteroatoms. The van der Waals surface area contributed by atoms with Crippen molar-refractivity contribution in [3.63, 3.8) is 0 Å². The normalized spacial score (nSPS) is 17.6. The van der Waals surface area contributed by atoms with Gasteiger partial charge in [-0.15, -0.1) is 0 Å². The van der Waals surface area contributed by atoms with Crippen LogP contribution in [0.4, 0.5) is 5.69 Å². The Labute approximate surface area is 180 Å². The van der Waals surface area contributed by atoms with E-state index in [1.54, 1.807) is 24.3 Å². The maximum atomic E-state index is 12.5. The molecule has 0 aliphatic carbocycles. The summed E-state index contributed by atoms with van der Waals surface area (Å²) in [5.74, 6) is -1.51. The lowest BCUT2D eigenvalue weighted by molar-refractivity contribution is -0.124. The molecule has 1 aliphatic heterocycles. The monoisotopic (exact) mass is 466 g/mol. The SMILES string of the molecule is Cc1ccc(NS(=O)(=O)c2ccc(C(=O)OCC(=O)NC3CCS(=O)(=O)C3)cc2)cc1. The van der Waals surface area contributed by atoms with E-state index in [4.69, 9.17) is 4.74 Å². The minimum atomic E-state index is -3.83. The third-order valence-electron chi connectivity index (χ3n) is 4.64. The zero-order chi connectivity index (χ0) is 22.6. The number of nitrogens with one attached hydrogen (secondary N) is 2. The average Bonchev–Trinajstić information content (AvgIpc) is 3.06. The Hall–Kier alpha value is -2.92. The number of hydrogen-bond donors (Lipinski definition) is 2. The third kappa shape index (κ3) is 6.28. The van der Waals surface area contributed by atoms with Crippen molar-refractivity contribution in [1.82, 2.24) is 5.32 Å². The van der Waals surface area contributed by atoms with E-state index in [2.05, 4.69) is 10.0 Å². The molecule has 1 fully saturated rings. The molecule has 1 aliphatic rings. The van der Waals surface area contributed by atoms with Crippen molar-refractivity contribution in [3.05, 3.63) is 59.7 Å². The quantitative estimate of drug-likeness (QED) is 0.586. The average molecular weight is 467 g/mol. The molecule has 2 aromatic rings. The van der Waals surface area contributed by atoms with Crippen LogP contribution in [0.5, 0.6) is 0 Å². The number of esters is 1. The summed E-state index contributed by atoms with van der Waals surface area (Å²) in [5.41, 5.74) is 1.48. The Bertz CT molecular complexity index is 1170. The molecule has 0 bridgehead atoms. The molecule has 1 amide bonds. The van der Waals surface area contributed by atoms with Crippen molar-refractivity contribution < 1.29 is 31.2 Å². The molecule has 166 valence electrons. The highest BCUT2D eigenvalue weighted by Crippen LogP contribution is 2.17. The number of carbonyl (C=O) groups is 2. The number of benzene rings is 2. The van der Waals surface area contributed by atoms with Crippen molar-refractivity contribution in [2.45, 2.75) is 24.3 Å². The molecule has 9 nitrogen and oxygen atoms in total. The Morgan fingerprint density at radius 2 is 1.71 bits per heavy atom. The molecular formula is C20H22N2O7S2. The highest BCUT2D eigenvalue weighted by atomic mass is 32.2. The molecule has 1 heterocycles. The number of sulfone groups is 1.